The zero-order valence-corrected chi connectivity index (χ0v) is 12.3. The number of anilines is 1. The summed E-state index contributed by atoms with van der Waals surface area (Å²) in [5, 5.41) is 4.77. The summed E-state index contributed by atoms with van der Waals surface area (Å²) in [7, 11) is -1.92. The SMILES string of the molecule is CNc1ccncc1S(=O)(=O)NC(C)c1cccs1. The van der Waals surface area contributed by atoms with Crippen LogP contribution in [-0.4, -0.2) is 20.4 Å². The maximum absolute atomic E-state index is 12.3. The van der Waals surface area contributed by atoms with Gasteiger partial charge in [0, 0.05) is 24.3 Å². The van der Waals surface area contributed by atoms with Gasteiger partial charge >= 0.3 is 0 Å². The average molecular weight is 297 g/mol. The second kappa shape index (κ2) is 5.68. The Balaban J connectivity index is 2.28. The fraction of sp³-hybridized carbons (Fsp3) is 0.250. The Hall–Kier alpha value is -1.44. The molecule has 0 aliphatic heterocycles. The largest absolute Gasteiger partial charge is 0.387 e. The van der Waals surface area contributed by atoms with Crippen LogP contribution in [0.3, 0.4) is 0 Å². The lowest BCUT2D eigenvalue weighted by Crippen LogP contribution is -2.27. The number of aromatic nitrogens is 1. The molecule has 0 aliphatic rings. The van der Waals surface area contributed by atoms with Gasteiger partial charge in [-0.3, -0.25) is 4.98 Å². The summed E-state index contributed by atoms with van der Waals surface area (Å²) < 4.78 is 27.3. The Bertz CT molecular complexity index is 639. The van der Waals surface area contributed by atoms with Gasteiger partial charge in [0.25, 0.3) is 0 Å². The molecule has 0 spiro atoms. The van der Waals surface area contributed by atoms with Gasteiger partial charge in [-0.2, -0.15) is 0 Å². The van der Waals surface area contributed by atoms with Crippen molar-refractivity contribution in [3.8, 4) is 0 Å². The van der Waals surface area contributed by atoms with Crippen LogP contribution >= 0.6 is 11.3 Å². The van der Waals surface area contributed by atoms with Gasteiger partial charge in [-0.25, -0.2) is 13.1 Å². The van der Waals surface area contributed by atoms with Crippen LogP contribution in [0, 0.1) is 0 Å². The fourth-order valence-electron chi connectivity index (χ4n) is 1.69. The quantitative estimate of drug-likeness (QED) is 0.888. The van der Waals surface area contributed by atoms with E-state index in [1.54, 1.807) is 19.3 Å². The van der Waals surface area contributed by atoms with E-state index in [0.29, 0.717) is 5.69 Å². The van der Waals surface area contributed by atoms with Gasteiger partial charge in [0.15, 0.2) is 0 Å². The van der Waals surface area contributed by atoms with Gasteiger partial charge < -0.3 is 5.32 Å². The van der Waals surface area contributed by atoms with Gasteiger partial charge in [-0.05, 0) is 24.4 Å². The molecule has 0 radical (unpaired) electrons. The summed E-state index contributed by atoms with van der Waals surface area (Å²) in [4.78, 5) is 5.00. The number of hydrogen-bond acceptors (Lipinski definition) is 5. The molecule has 2 N–H and O–H groups in total. The molecule has 102 valence electrons. The van der Waals surface area contributed by atoms with E-state index in [-0.39, 0.29) is 10.9 Å². The smallest absolute Gasteiger partial charge is 0.244 e. The van der Waals surface area contributed by atoms with Crippen LogP contribution in [0.15, 0.2) is 40.9 Å². The van der Waals surface area contributed by atoms with Crippen molar-refractivity contribution in [3.05, 3.63) is 40.8 Å². The molecule has 0 bridgehead atoms. The van der Waals surface area contributed by atoms with E-state index in [2.05, 4.69) is 15.0 Å². The normalized spacial score (nSPS) is 13.2. The van der Waals surface area contributed by atoms with E-state index >= 15 is 0 Å². The van der Waals surface area contributed by atoms with Crippen molar-refractivity contribution in [2.75, 3.05) is 12.4 Å². The molecule has 0 aliphatic carbocycles. The van der Waals surface area contributed by atoms with Crippen molar-refractivity contribution in [3.63, 3.8) is 0 Å². The van der Waals surface area contributed by atoms with Gasteiger partial charge in [-0.15, -0.1) is 11.3 Å². The monoisotopic (exact) mass is 297 g/mol. The summed E-state index contributed by atoms with van der Waals surface area (Å²) in [5.41, 5.74) is 0.529. The Morgan fingerprint density at radius 2 is 2.16 bits per heavy atom. The second-order valence-corrected chi connectivity index (χ2v) is 6.64. The lowest BCUT2D eigenvalue weighted by atomic mass is 10.3. The topological polar surface area (TPSA) is 71.1 Å². The van der Waals surface area contributed by atoms with Crippen molar-refractivity contribution in [1.29, 1.82) is 0 Å². The average Bonchev–Trinajstić information content (AvgIpc) is 2.92. The molecule has 2 heterocycles. The number of hydrogen-bond donors (Lipinski definition) is 2. The summed E-state index contributed by atoms with van der Waals surface area (Å²) in [6.45, 7) is 1.82. The second-order valence-electron chi connectivity index (χ2n) is 3.98. The predicted molar refractivity (Wildman–Crippen MR) is 76.8 cm³/mol. The van der Waals surface area contributed by atoms with Crippen molar-refractivity contribution in [1.82, 2.24) is 9.71 Å². The molecule has 7 heteroatoms. The molecular formula is C12H15N3O2S2. The maximum Gasteiger partial charge on any atom is 0.244 e. The van der Waals surface area contributed by atoms with Crippen molar-refractivity contribution < 1.29 is 8.42 Å². The van der Waals surface area contributed by atoms with Crippen LogP contribution in [0.25, 0.3) is 0 Å². The van der Waals surface area contributed by atoms with E-state index in [9.17, 15) is 8.42 Å². The van der Waals surface area contributed by atoms with Crippen LogP contribution in [-0.2, 0) is 10.0 Å². The number of sulfonamides is 1. The first kappa shape index (κ1) is 14.0. The standard InChI is InChI=1S/C12H15N3O2S2/c1-9(11-4-3-7-18-11)15-19(16,17)12-8-14-6-5-10(12)13-2/h3-9,15H,1-2H3,(H,13,14). The lowest BCUT2D eigenvalue weighted by molar-refractivity contribution is 0.568. The highest BCUT2D eigenvalue weighted by atomic mass is 32.2. The highest BCUT2D eigenvalue weighted by Crippen LogP contribution is 2.23. The van der Waals surface area contributed by atoms with Crippen molar-refractivity contribution in [2.24, 2.45) is 0 Å². The molecule has 0 fully saturated rings. The Kier molecular flexibility index (Phi) is 4.18. The molecule has 0 aromatic carbocycles. The van der Waals surface area contributed by atoms with E-state index in [1.165, 1.54) is 17.5 Å². The molecular weight excluding hydrogens is 282 g/mol. The van der Waals surface area contributed by atoms with Gasteiger partial charge in [0.2, 0.25) is 10.0 Å². The first-order valence-electron chi connectivity index (χ1n) is 5.72. The molecule has 2 aromatic heterocycles. The summed E-state index contributed by atoms with van der Waals surface area (Å²) in [5.74, 6) is 0. The van der Waals surface area contributed by atoms with Crippen LogP contribution in [0.5, 0.6) is 0 Å². The third kappa shape index (κ3) is 3.12. The minimum Gasteiger partial charge on any atom is -0.387 e. The van der Waals surface area contributed by atoms with Crippen LogP contribution in [0.4, 0.5) is 5.69 Å². The third-order valence-corrected chi connectivity index (χ3v) is 5.27. The summed E-state index contributed by atoms with van der Waals surface area (Å²) >= 11 is 1.52. The minimum atomic E-state index is -3.60. The molecule has 0 saturated heterocycles. The van der Waals surface area contributed by atoms with Crippen LogP contribution in [0.2, 0.25) is 0 Å². The molecule has 2 aromatic rings. The highest BCUT2D eigenvalue weighted by molar-refractivity contribution is 7.89. The van der Waals surface area contributed by atoms with Gasteiger partial charge in [-0.1, -0.05) is 6.07 Å². The van der Waals surface area contributed by atoms with Crippen molar-refractivity contribution >= 4 is 27.0 Å². The zero-order chi connectivity index (χ0) is 13.9. The van der Waals surface area contributed by atoms with Crippen LogP contribution in [0.1, 0.15) is 17.8 Å². The Labute approximate surface area is 116 Å². The lowest BCUT2D eigenvalue weighted by Gasteiger charge is -2.14. The summed E-state index contributed by atoms with van der Waals surface area (Å²) in [6.07, 6.45) is 2.89. The van der Waals surface area contributed by atoms with E-state index in [4.69, 9.17) is 0 Å². The van der Waals surface area contributed by atoms with E-state index in [1.807, 2.05) is 24.4 Å². The molecule has 5 nitrogen and oxygen atoms in total. The number of nitrogens with one attached hydrogen (secondary N) is 2. The minimum absolute atomic E-state index is 0.154. The molecule has 2 rings (SSSR count). The molecule has 0 amide bonds. The fourth-order valence-corrected chi connectivity index (χ4v) is 3.88. The van der Waals surface area contributed by atoms with Gasteiger partial charge in [0.05, 0.1) is 11.7 Å². The molecule has 1 unspecified atom stereocenters. The van der Waals surface area contributed by atoms with Crippen LogP contribution < -0.4 is 10.0 Å². The number of pyridine rings is 1. The number of thiophene rings is 1. The maximum atomic E-state index is 12.3. The number of rotatable bonds is 5. The predicted octanol–water partition coefficient (Wildman–Crippen LogP) is 2.22. The Morgan fingerprint density at radius 1 is 1.37 bits per heavy atom. The molecule has 0 saturated carbocycles. The third-order valence-electron chi connectivity index (χ3n) is 2.65. The molecule has 1 atom stereocenters. The van der Waals surface area contributed by atoms with E-state index in [0.717, 1.165) is 4.88 Å². The first-order valence-corrected chi connectivity index (χ1v) is 8.08. The summed E-state index contributed by atoms with van der Waals surface area (Å²) in [6, 6.07) is 5.16. The van der Waals surface area contributed by atoms with Crippen molar-refractivity contribution in [2.45, 2.75) is 17.9 Å². The number of nitrogens with zero attached hydrogens (tertiary/aromatic N) is 1. The zero-order valence-electron chi connectivity index (χ0n) is 10.6. The first-order chi connectivity index (χ1) is 9.04. The highest BCUT2D eigenvalue weighted by Gasteiger charge is 2.21. The molecule has 19 heavy (non-hydrogen) atoms. The van der Waals surface area contributed by atoms with Gasteiger partial charge in [0.1, 0.15) is 4.90 Å². The van der Waals surface area contributed by atoms with E-state index < -0.39 is 10.0 Å². The Morgan fingerprint density at radius 3 is 2.79 bits per heavy atom.